The molecular weight excluding hydrogens is 240 g/mol. The number of nitrogens with two attached hydrogens (primary N) is 1. The molecule has 0 fully saturated rings. The minimum absolute atomic E-state index is 0.558. The summed E-state index contributed by atoms with van der Waals surface area (Å²) in [6, 6.07) is 5.43. The highest BCUT2D eigenvalue weighted by atomic mass is 35.5. The van der Waals surface area contributed by atoms with Gasteiger partial charge in [-0.1, -0.05) is 16.8 Å². The molecule has 6 heteroatoms. The van der Waals surface area contributed by atoms with Crippen LogP contribution in [0.25, 0.3) is 5.69 Å². The van der Waals surface area contributed by atoms with Gasteiger partial charge in [0.25, 0.3) is 0 Å². The second kappa shape index (κ2) is 5.16. The van der Waals surface area contributed by atoms with E-state index in [4.69, 9.17) is 22.1 Å². The quantitative estimate of drug-likeness (QED) is 0.894. The average Bonchev–Trinajstić information content (AvgIpc) is 2.79. The number of benzene rings is 1. The number of hydrogen-bond donors (Lipinski definition) is 1. The Morgan fingerprint density at radius 2 is 2.29 bits per heavy atom. The molecule has 0 saturated heterocycles. The molecule has 17 heavy (non-hydrogen) atoms. The normalized spacial score (nSPS) is 10.5. The Labute approximate surface area is 104 Å². The van der Waals surface area contributed by atoms with Crippen molar-refractivity contribution in [2.24, 2.45) is 5.73 Å². The van der Waals surface area contributed by atoms with Crippen LogP contribution in [0.15, 0.2) is 24.4 Å². The predicted molar refractivity (Wildman–Crippen MR) is 65.7 cm³/mol. The first-order valence-corrected chi connectivity index (χ1v) is 5.57. The maximum absolute atomic E-state index is 5.95. The van der Waals surface area contributed by atoms with Crippen LogP contribution < -0.4 is 10.5 Å². The summed E-state index contributed by atoms with van der Waals surface area (Å²) in [7, 11) is 1.58. The van der Waals surface area contributed by atoms with Crippen molar-refractivity contribution < 1.29 is 4.74 Å². The second-order valence-corrected chi connectivity index (χ2v) is 3.92. The summed E-state index contributed by atoms with van der Waals surface area (Å²) in [5.41, 5.74) is 7.17. The van der Waals surface area contributed by atoms with Gasteiger partial charge in [-0.3, -0.25) is 0 Å². The number of methoxy groups -OCH3 is 1. The maximum atomic E-state index is 5.95. The predicted octanol–water partition coefficient (Wildman–Crippen LogP) is 1.43. The van der Waals surface area contributed by atoms with Crippen molar-refractivity contribution in [3.63, 3.8) is 0 Å². The van der Waals surface area contributed by atoms with Gasteiger partial charge in [0.15, 0.2) is 0 Å². The van der Waals surface area contributed by atoms with Gasteiger partial charge in [0.05, 0.1) is 29.7 Å². The standard InChI is InChI=1S/C11H13ClN4O/c1-17-11-6-9(2-3-10(11)12)16-7-8(4-5-13)14-15-16/h2-3,6-7H,4-5,13H2,1H3. The highest BCUT2D eigenvalue weighted by Gasteiger charge is 2.06. The Bertz CT molecular complexity index is 512. The van der Waals surface area contributed by atoms with E-state index in [2.05, 4.69) is 10.3 Å². The molecular formula is C11H13ClN4O. The van der Waals surface area contributed by atoms with Crippen molar-refractivity contribution in [1.29, 1.82) is 0 Å². The molecule has 0 aliphatic heterocycles. The third-order valence-corrected chi connectivity index (χ3v) is 2.65. The van der Waals surface area contributed by atoms with E-state index < -0.39 is 0 Å². The largest absolute Gasteiger partial charge is 0.495 e. The fourth-order valence-electron chi connectivity index (χ4n) is 1.48. The van der Waals surface area contributed by atoms with Crippen LogP contribution >= 0.6 is 11.6 Å². The Morgan fingerprint density at radius 1 is 1.47 bits per heavy atom. The molecule has 0 amide bonds. The number of halogens is 1. The van der Waals surface area contributed by atoms with Crippen molar-refractivity contribution in [2.45, 2.75) is 6.42 Å². The first kappa shape index (κ1) is 11.9. The van der Waals surface area contributed by atoms with Crippen LogP contribution in [-0.2, 0) is 6.42 Å². The van der Waals surface area contributed by atoms with E-state index in [9.17, 15) is 0 Å². The van der Waals surface area contributed by atoms with Crippen molar-refractivity contribution in [3.8, 4) is 11.4 Å². The minimum atomic E-state index is 0.558. The average molecular weight is 253 g/mol. The second-order valence-electron chi connectivity index (χ2n) is 3.51. The smallest absolute Gasteiger partial charge is 0.139 e. The molecule has 5 nitrogen and oxygen atoms in total. The highest BCUT2D eigenvalue weighted by molar-refractivity contribution is 6.32. The molecule has 0 spiro atoms. The Hall–Kier alpha value is -1.59. The Morgan fingerprint density at radius 3 is 3.00 bits per heavy atom. The minimum Gasteiger partial charge on any atom is -0.495 e. The lowest BCUT2D eigenvalue weighted by Gasteiger charge is -2.05. The molecule has 0 aliphatic rings. The number of rotatable bonds is 4. The number of nitrogens with zero attached hydrogens (tertiary/aromatic N) is 3. The SMILES string of the molecule is COc1cc(-n2cc(CCN)nn2)ccc1Cl. The van der Waals surface area contributed by atoms with Gasteiger partial charge in [0, 0.05) is 12.5 Å². The third-order valence-electron chi connectivity index (χ3n) is 2.34. The van der Waals surface area contributed by atoms with E-state index in [-0.39, 0.29) is 0 Å². The Kier molecular flexibility index (Phi) is 3.61. The number of aromatic nitrogens is 3. The zero-order valence-corrected chi connectivity index (χ0v) is 10.2. The van der Waals surface area contributed by atoms with Crippen LogP contribution in [0.4, 0.5) is 0 Å². The summed E-state index contributed by atoms with van der Waals surface area (Å²) in [4.78, 5) is 0. The van der Waals surface area contributed by atoms with Crippen molar-refractivity contribution in [2.75, 3.05) is 13.7 Å². The van der Waals surface area contributed by atoms with E-state index in [0.29, 0.717) is 23.7 Å². The molecule has 0 atom stereocenters. The summed E-state index contributed by atoms with van der Waals surface area (Å²) in [5.74, 6) is 0.611. The number of ether oxygens (including phenoxy) is 1. The lowest BCUT2D eigenvalue weighted by atomic mass is 10.3. The third kappa shape index (κ3) is 2.57. The van der Waals surface area contributed by atoms with Gasteiger partial charge in [-0.25, -0.2) is 4.68 Å². The number of hydrogen-bond acceptors (Lipinski definition) is 4. The first-order valence-electron chi connectivity index (χ1n) is 5.20. The summed E-state index contributed by atoms with van der Waals surface area (Å²) in [6.07, 6.45) is 2.56. The van der Waals surface area contributed by atoms with E-state index in [0.717, 1.165) is 11.4 Å². The zero-order valence-electron chi connectivity index (χ0n) is 9.43. The van der Waals surface area contributed by atoms with Gasteiger partial charge < -0.3 is 10.5 Å². The van der Waals surface area contributed by atoms with Crippen LogP contribution in [0.5, 0.6) is 5.75 Å². The van der Waals surface area contributed by atoms with Crippen LogP contribution in [0, 0.1) is 0 Å². The van der Waals surface area contributed by atoms with Gasteiger partial charge in [-0.15, -0.1) is 5.10 Å². The topological polar surface area (TPSA) is 66.0 Å². The van der Waals surface area contributed by atoms with Crippen LogP contribution in [0.2, 0.25) is 5.02 Å². The van der Waals surface area contributed by atoms with Gasteiger partial charge in [0.2, 0.25) is 0 Å². The fourth-order valence-corrected chi connectivity index (χ4v) is 1.67. The highest BCUT2D eigenvalue weighted by Crippen LogP contribution is 2.26. The molecule has 1 aromatic heterocycles. The van der Waals surface area contributed by atoms with Gasteiger partial charge >= 0.3 is 0 Å². The fraction of sp³-hybridized carbons (Fsp3) is 0.273. The molecule has 0 radical (unpaired) electrons. The molecule has 0 bridgehead atoms. The van der Waals surface area contributed by atoms with E-state index in [1.54, 1.807) is 17.9 Å². The van der Waals surface area contributed by atoms with Crippen molar-refractivity contribution in [1.82, 2.24) is 15.0 Å². The van der Waals surface area contributed by atoms with Gasteiger partial charge in [-0.05, 0) is 18.7 Å². The molecule has 0 saturated carbocycles. The molecule has 2 N–H and O–H groups in total. The summed E-state index contributed by atoms with van der Waals surface area (Å²) in [5, 5.41) is 8.61. The monoisotopic (exact) mass is 252 g/mol. The van der Waals surface area contributed by atoms with E-state index in [1.165, 1.54) is 0 Å². The molecule has 1 aromatic carbocycles. The lowest BCUT2D eigenvalue weighted by molar-refractivity contribution is 0.414. The van der Waals surface area contributed by atoms with E-state index in [1.807, 2.05) is 18.3 Å². The molecule has 2 rings (SSSR count). The van der Waals surface area contributed by atoms with Crippen LogP contribution in [0.3, 0.4) is 0 Å². The lowest BCUT2D eigenvalue weighted by Crippen LogP contribution is -2.02. The Balaban J connectivity index is 2.32. The summed E-state index contributed by atoms with van der Waals surface area (Å²) < 4.78 is 6.82. The van der Waals surface area contributed by atoms with Crippen LogP contribution in [-0.4, -0.2) is 28.6 Å². The molecule has 2 aromatic rings. The molecule has 0 aliphatic carbocycles. The van der Waals surface area contributed by atoms with E-state index >= 15 is 0 Å². The van der Waals surface area contributed by atoms with Crippen molar-refractivity contribution >= 4 is 11.6 Å². The molecule has 1 heterocycles. The molecule has 0 unspecified atom stereocenters. The molecule has 90 valence electrons. The summed E-state index contributed by atoms with van der Waals surface area (Å²) >= 11 is 5.95. The van der Waals surface area contributed by atoms with Crippen molar-refractivity contribution in [3.05, 3.63) is 35.1 Å². The van der Waals surface area contributed by atoms with Gasteiger partial charge in [-0.2, -0.15) is 0 Å². The zero-order chi connectivity index (χ0) is 12.3. The first-order chi connectivity index (χ1) is 8.24. The van der Waals surface area contributed by atoms with Gasteiger partial charge in [0.1, 0.15) is 5.75 Å². The maximum Gasteiger partial charge on any atom is 0.139 e. The van der Waals surface area contributed by atoms with Crippen LogP contribution in [0.1, 0.15) is 5.69 Å². The summed E-state index contributed by atoms with van der Waals surface area (Å²) in [6.45, 7) is 0.558.